The van der Waals surface area contributed by atoms with Crippen LogP contribution < -0.4 is 5.32 Å². The Labute approximate surface area is 97.3 Å². The number of nitrogens with one attached hydrogen (secondary N) is 1. The van der Waals surface area contributed by atoms with Gasteiger partial charge in [0.05, 0.1) is 18.6 Å². The molecule has 0 bridgehead atoms. The smallest absolute Gasteiger partial charge is 0.227 e. The molecule has 1 amide bonds. The number of nitrogens with zero attached hydrogens (tertiary/aromatic N) is 1. The number of hydrogen-bond acceptors (Lipinski definition) is 3. The van der Waals surface area contributed by atoms with Crippen LogP contribution in [0.25, 0.3) is 0 Å². The number of likely N-dealkylation sites (tertiary alicyclic amines) is 1. The van der Waals surface area contributed by atoms with E-state index >= 15 is 0 Å². The molecular weight excluding hydrogens is 204 g/mol. The minimum Gasteiger partial charge on any atom is -0.377 e. The first kappa shape index (κ1) is 11.9. The topological polar surface area (TPSA) is 41.6 Å². The first-order valence-electron chi connectivity index (χ1n) is 6.32. The summed E-state index contributed by atoms with van der Waals surface area (Å²) < 4.78 is 5.49. The zero-order valence-electron chi connectivity index (χ0n) is 10.2. The molecule has 0 aromatic carbocycles. The molecule has 4 heteroatoms. The molecule has 0 aromatic heterocycles. The lowest BCUT2D eigenvalue weighted by molar-refractivity contribution is -0.132. The molecule has 1 N–H and O–H groups in total. The normalized spacial score (nSPS) is 29.9. The summed E-state index contributed by atoms with van der Waals surface area (Å²) in [5.41, 5.74) is 0. The van der Waals surface area contributed by atoms with Crippen molar-refractivity contribution in [2.75, 3.05) is 26.2 Å². The highest BCUT2D eigenvalue weighted by Crippen LogP contribution is 2.25. The average molecular weight is 226 g/mol. The maximum Gasteiger partial charge on any atom is 0.227 e. The maximum absolute atomic E-state index is 12.0. The van der Waals surface area contributed by atoms with Gasteiger partial charge >= 0.3 is 0 Å². The molecule has 2 aliphatic heterocycles. The van der Waals surface area contributed by atoms with E-state index in [1.165, 1.54) is 0 Å². The lowest BCUT2D eigenvalue weighted by Gasteiger charge is -2.23. The second-order valence-corrected chi connectivity index (χ2v) is 5.01. The van der Waals surface area contributed by atoms with E-state index in [9.17, 15) is 4.79 Å². The van der Waals surface area contributed by atoms with E-state index < -0.39 is 0 Å². The molecule has 92 valence electrons. The number of ether oxygens (including phenoxy) is 1. The van der Waals surface area contributed by atoms with Crippen LogP contribution in [0.5, 0.6) is 0 Å². The Bertz CT molecular complexity index is 255. The number of carbonyl (C=O) groups is 1. The highest BCUT2D eigenvalue weighted by atomic mass is 16.5. The van der Waals surface area contributed by atoms with Crippen molar-refractivity contribution in [1.29, 1.82) is 0 Å². The molecule has 16 heavy (non-hydrogen) atoms. The van der Waals surface area contributed by atoms with Gasteiger partial charge in [-0.05, 0) is 33.2 Å². The predicted octanol–water partition coefficient (Wildman–Crippen LogP) is 0.622. The summed E-state index contributed by atoms with van der Waals surface area (Å²) in [7, 11) is 0. The second-order valence-electron chi connectivity index (χ2n) is 5.01. The van der Waals surface area contributed by atoms with Gasteiger partial charge in [0.25, 0.3) is 0 Å². The van der Waals surface area contributed by atoms with Gasteiger partial charge in [0, 0.05) is 19.1 Å². The van der Waals surface area contributed by atoms with E-state index in [1.54, 1.807) is 0 Å². The van der Waals surface area contributed by atoms with Crippen molar-refractivity contribution in [2.24, 2.45) is 5.92 Å². The number of piperidine rings is 1. The SMILES string of the molecule is CC(C)OCCN1CC2NCCCC2C1=O. The van der Waals surface area contributed by atoms with Gasteiger partial charge in [0.1, 0.15) is 0 Å². The van der Waals surface area contributed by atoms with Crippen molar-refractivity contribution in [3.05, 3.63) is 0 Å². The van der Waals surface area contributed by atoms with Crippen molar-refractivity contribution in [3.63, 3.8) is 0 Å². The Morgan fingerprint density at radius 1 is 1.56 bits per heavy atom. The quantitative estimate of drug-likeness (QED) is 0.764. The minimum absolute atomic E-state index is 0.229. The molecule has 2 unspecified atom stereocenters. The molecule has 2 aliphatic rings. The van der Waals surface area contributed by atoms with Gasteiger partial charge in [-0.2, -0.15) is 0 Å². The lowest BCUT2D eigenvalue weighted by atomic mass is 9.94. The number of carbonyl (C=O) groups excluding carboxylic acids is 1. The summed E-state index contributed by atoms with van der Waals surface area (Å²) in [6, 6.07) is 0.389. The summed E-state index contributed by atoms with van der Waals surface area (Å²) in [5, 5.41) is 3.44. The summed E-state index contributed by atoms with van der Waals surface area (Å²) in [4.78, 5) is 14.0. The molecule has 4 nitrogen and oxygen atoms in total. The van der Waals surface area contributed by atoms with E-state index in [2.05, 4.69) is 5.32 Å². The van der Waals surface area contributed by atoms with Crippen LogP contribution in [-0.2, 0) is 9.53 Å². The number of rotatable bonds is 4. The van der Waals surface area contributed by atoms with Crippen LogP contribution in [0.1, 0.15) is 26.7 Å². The van der Waals surface area contributed by atoms with Gasteiger partial charge in [0.2, 0.25) is 5.91 Å². The van der Waals surface area contributed by atoms with Crippen molar-refractivity contribution >= 4 is 5.91 Å². The molecule has 0 aromatic rings. The van der Waals surface area contributed by atoms with Crippen LogP contribution in [0, 0.1) is 5.92 Å². The Morgan fingerprint density at radius 3 is 3.06 bits per heavy atom. The van der Waals surface area contributed by atoms with Crippen molar-refractivity contribution in [1.82, 2.24) is 10.2 Å². The van der Waals surface area contributed by atoms with Gasteiger partial charge in [-0.1, -0.05) is 0 Å². The molecule has 2 heterocycles. The number of amides is 1. The molecule has 2 saturated heterocycles. The zero-order chi connectivity index (χ0) is 11.5. The molecule has 2 atom stereocenters. The molecule has 2 rings (SSSR count). The van der Waals surface area contributed by atoms with Gasteiger partial charge in [-0.15, -0.1) is 0 Å². The molecule has 2 fully saturated rings. The van der Waals surface area contributed by atoms with Gasteiger partial charge in [-0.25, -0.2) is 0 Å². The highest BCUT2D eigenvalue weighted by Gasteiger charge is 2.40. The van der Waals surface area contributed by atoms with Crippen molar-refractivity contribution in [3.8, 4) is 0 Å². The van der Waals surface area contributed by atoms with Crippen LogP contribution in [0.15, 0.2) is 0 Å². The molecule has 0 aliphatic carbocycles. The van der Waals surface area contributed by atoms with E-state index in [0.29, 0.717) is 18.6 Å². The average Bonchev–Trinajstić information content (AvgIpc) is 2.56. The fourth-order valence-corrected chi connectivity index (χ4v) is 2.60. The summed E-state index contributed by atoms with van der Waals surface area (Å²) in [5.74, 6) is 0.553. The summed E-state index contributed by atoms with van der Waals surface area (Å²) >= 11 is 0. The monoisotopic (exact) mass is 226 g/mol. The van der Waals surface area contributed by atoms with Crippen LogP contribution in [0.3, 0.4) is 0 Å². The molecule has 0 spiro atoms. The molecule has 0 saturated carbocycles. The molecule has 0 radical (unpaired) electrons. The van der Waals surface area contributed by atoms with Gasteiger partial charge in [-0.3, -0.25) is 4.79 Å². The van der Waals surface area contributed by atoms with E-state index in [1.807, 2.05) is 18.7 Å². The Hall–Kier alpha value is -0.610. The van der Waals surface area contributed by atoms with Crippen LogP contribution in [0.2, 0.25) is 0 Å². The Morgan fingerprint density at radius 2 is 2.38 bits per heavy atom. The van der Waals surface area contributed by atoms with Crippen LogP contribution in [0.4, 0.5) is 0 Å². The number of fused-ring (bicyclic) bond motifs is 1. The summed E-state index contributed by atoms with van der Waals surface area (Å²) in [6.45, 7) is 7.37. The lowest BCUT2D eigenvalue weighted by Crippen LogP contribution is -2.41. The largest absolute Gasteiger partial charge is 0.377 e. The first-order chi connectivity index (χ1) is 7.68. The molecular formula is C12H22N2O2. The predicted molar refractivity (Wildman–Crippen MR) is 62.2 cm³/mol. The maximum atomic E-state index is 12.0. The minimum atomic E-state index is 0.229. The third-order valence-electron chi connectivity index (χ3n) is 3.44. The van der Waals surface area contributed by atoms with Gasteiger partial charge < -0.3 is 15.0 Å². The van der Waals surface area contributed by atoms with E-state index in [-0.39, 0.29) is 12.0 Å². The van der Waals surface area contributed by atoms with E-state index in [4.69, 9.17) is 4.74 Å². The Kier molecular flexibility index (Phi) is 3.82. The second kappa shape index (κ2) is 5.15. The first-order valence-corrected chi connectivity index (χ1v) is 6.32. The van der Waals surface area contributed by atoms with Gasteiger partial charge in [0.15, 0.2) is 0 Å². The highest BCUT2D eigenvalue weighted by molar-refractivity contribution is 5.82. The van der Waals surface area contributed by atoms with Crippen molar-refractivity contribution in [2.45, 2.75) is 38.8 Å². The fraction of sp³-hybridized carbons (Fsp3) is 0.917. The van der Waals surface area contributed by atoms with Crippen LogP contribution >= 0.6 is 0 Å². The van der Waals surface area contributed by atoms with E-state index in [0.717, 1.165) is 32.5 Å². The fourth-order valence-electron chi connectivity index (χ4n) is 2.60. The van der Waals surface area contributed by atoms with Crippen molar-refractivity contribution < 1.29 is 9.53 Å². The zero-order valence-corrected chi connectivity index (χ0v) is 10.2. The summed E-state index contributed by atoms with van der Waals surface area (Å²) in [6.07, 6.45) is 2.43. The third-order valence-corrected chi connectivity index (χ3v) is 3.44. The van der Waals surface area contributed by atoms with Crippen LogP contribution in [-0.4, -0.2) is 49.2 Å². The standard InChI is InChI=1S/C12H22N2O2/c1-9(2)16-7-6-14-8-11-10(12(14)15)4-3-5-13-11/h9-11,13H,3-8H2,1-2H3. The number of hydrogen-bond donors (Lipinski definition) is 1. The Balaban J connectivity index is 1.81. The third kappa shape index (κ3) is 2.55.